The van der Waals surface area contributed by atoms with Crippen molar-refractivity contribution in [3.05, 3.63) is 35.9 Å². The maximum absolute atomic E-state index is 13.0. The van der Waals surface area contributed by atoms with E-state index in [1.165, 1.54) is 14.2 Å². The number of hydrogen-bond donors (Lipinski definition) is 2. The Labute approximate surface area is 195 Å². The molecule has 33 heavy (non-hydrogen) atoms. The van der Waals surface area contributed by atoms with Crippen LogP contribution in [0.3, 0.4) is 0 Å². The van der Waals surface area contributed by atoms with Crippen LogP contribution in [0.2, 0.25) is 0 Å². The second kappa shape index (κ2) is 14.5. The van der Waals surface area contributed by atoms with E-state index in [2.05, 4.69) is 10.6 Å². The van der Waals surface area contributed by atoms with Crippen LogP contribution in [0.25, 0.3) is 0 Å². The van der Waals surface area contributed by atoms with E-state index in [9.17, 15) is 14.4 Å². The molecule has 1 rings (SSSR count). The van der Waals surface area contributed by atoms with E-state index in [1.54, 1.807) is 27.7 Å². The normalized spacial score (nSPS) is 13.2. The number of hydrogen-bond acceptors (Lipinski definition) is 8. The van der Waals surface area contributed by atoms with E-state index in [0.717, 1.165) is 5.56 Å². The molecule has 186 valence electrons. The van der Waals surface area contributed by atoms with Gasteiger partial charge in [-0.3, -0.25) is 9.59 Å². The highest BCUT2D eigenvalue weighted by molar-refractivity contribution is 5.88. The summed E-state index contributed by atoms with van der Waals surface area (Å²) in [7, 11) is 2.92. The van der Waals surface area contributed by atoms with E-state index < -0.39 is 42.0 Å². The Bertz CT molecular complexity index is 732. The molecule has 0 saturated carbocycles. The first kappa shape index (κ1) is 28.3. The SMILES string of the molecule is CCOC(=O)CNC(=O)[C@@H](NC(=O)OC(C)(C)C)C(CC(OC)OC)OCc1ccccc1. The number of esters is 1. The number of benzene rings is 1. The molecule has 2 N–H and O–H groups in total. The molecule has 0 fully saturated rings. The molecule has 0 heterocycles. The molecule has 1 aromatic rings. The van der Waals surface area contributed by atoms with Gasteiger partial charge in [-0.15, -0.1) is 0 Å². The number of methoxy groups -OCH3 is 2. The quantitative estimate of drug-likeness (QED) is 0.334. The predicted octanol–water partition coefficient (Wildman–Crippen LogP) is 2.15. The van der Waals surface area contributed by atoms with Gasteiger partial charge in [0.1, 0.15) is 18.2 Å². The summed E-state index contributed by atoms with van der Waals surface area (Å²) in [5.74, 6) is -1.24. The van der Waals surface area contributed by atoms with Crippen molar-refractivity contribution < 1.29 is 38.1 Å². The number of ether oxygens (including phenoxy) is 5. The number of alkyl carbamates (subject to hydrolysis) is 1. The van der Waals surface area contributed by atoms with E-state index >= 15 is 0 Å². The lowest BCUT2D eigenvalue weighted by Gasteiger charge is -2.30. The molecule has 0 radical (unpaired) electrons. The number of carbonyl (C=O) groups is 3. The molecular weight excluding hydrogens is 432 g/mol. The minimum atomic E-state index is -1.20. The largest absolute Gasteiger partial charge is 0.465 e. The molecule has 0 spiro atoms. The first-order valence-electron chi connectivity index (χ1n) is 10.7. The molecular formula is C23H36N2O8. The second-order valence-corrected chi connectivity index (χ2v) is 8.12. The summed E-state index contributed by atoms with van der Waals surface area (Å²) >= 11 is 0. The molecule has 2 amide bonds. The molecule has 10 nitrogen and oxygen atoms in total. The number of amides is 2. The van der Waals surface area contributed by atoms with Gasteiger partial charge >= 0.3 is 12.1 Å². The molecule has 1 unspecified atom stereocenters. The van der Waals surface area contributed by atoms with E-state index in [0.29, 0.717) is 0 Å². The molecule has 0 aromatic heterocycles. The smallest absolute Gasteiger partial charge is 0.408 e. The molecule has 1 aromatic carbocycles. The first-order chi connectivity index (χ1) is 15.6. The van der Waals surface area contributed by atoms with Crippen LogP contribution in [0.1, 0.15) is 39.7 Å². The van der Waals surface area contributed by atoms with Crippen molar-refractivity contribution in [2.75, 3.05) is 27.4 Å². The van der Waals surface area contributed by atoms with Crippen LogP contribution in [-0.2, 0) is 39.9 Å². The molecule has 2 atom stereocenters. The molecule has 0 aliphatic heterocycles. The van der Waals surface area contributed by atoms with Gasteiger partial charge in [-0.1, -0.05) is 30.3 Å². The van der Waals surface area contributed by atoms with E-state index in [4.69, 9.17) is 23.7 Å². The highest BCUT2D eigenvalue weighted by Gasteiger charge is 2.34. The van der Waals surface area contributed by atoms with Crippen LogP contribution in [0.5, 0.6) is 0 Å². The minimum absolute atomic E-state index is 0.118. The van der Waals surface area contributed by atoms with Crippen molar-refractivity contribution in [3.63, 3.8) is 0 Å². The van der Waals surface area contributed by atoms with Crippen LogP contribution in [-0.4, -0.2) is 69.4 Å². The standard InChI is InChI=1S/C23H36N2O8/c1-7-31-18(26)14-24-21(27)20(25-22(28)33-23(2,3)4)17(13-19(29-5)30-6)32-15-16-11-9-8-10-12-16/h8-12,17,19-20H,7,13-15H2,1-6H3,(H,24,27)(H,25,28)/t17?,20-/m0/s1. The second-order valence-electron chi connectivity index (χ2n) is 8.12. The fraction of sp³-hybridized carbons (Fsp3) is 0.609. The van der Waals surface area contributed by atoms with Gasteiger partial charge < -0.3 is 34.3 Å². The van der Waals surface area contributed by atoms with Crippen LogP contribution >= 0.6 is 0 Å². The fourth-order valence-electron chi connectivity index (χ4n) is 2.80. The van der Waals surface area contributed by atoms with Gasteiger partial charge in [0, 0.05) is 20.6 Å². The third-order valence-corrected chi connectivity index (χ3v) is 4.30. The number of nitrogens with one attached hydrogen (secondary N) is 2. The molecule has 0 aliphatic rings. The van der Waals surface area contributed by atoms with Crippen LogP contribution in [0.4, 0.5) is 4.79 Å². The lowest BCUT2D eigenvalue weighted by Crippen LogP contribution is -2.56. The van der Waals surface area contributed by atoms with Gasteiger partial charge in [-0.05, 0) is 33.3 Å². The Hall–Kier alpha value is -2.69. The zero-order chi connectivity index (χ0) is 24.9. The summed E-state index contributed by atoms with van der Waals surface area (Å²) in [6.45, 7) is 6.77. The predicted molar refractivity (Wildman–Crippen MR) is 120 cm³/mol. The van der Waals surface area contributed by atoms with Gasteiger partial charge in [-0.25, -0.2) is 4.79 Å². The fourth-order valence-corrected chi connectivity index (χ4v) is 2.80. The number of rotatable bonds is 13. The van der Waals surface area contributed by atoms with Crippen LogP contribution in [0.15, 0.2) is 30.3 Å². The lowest BCUT2D eigenvalue weighted by molar-refractivity contribution is -0.148. The Balaban J connectivity index is 3.10. The summed E-state index contributed by atoms with van der Waals surface area (Å²) in [6.07, 6.45) is -2.26. The third-order valence-electron chi connectivity index (χ3n) is 4.30. The van der Waals surface area contributed by atoms with E-state index in [1.807, 2.05) is 30.3 Å². The highest BCUT2D eigenvalue weighted by atomic mass is 16.7. The molecule has 0 aliphatic carbocycles. The molecule has 0 saturated heterocycles. The van der Waals surface area contributed by atoms with Crippen LogP contribution in [0, 0.1) is 0 Å². The van der Waals surface area contributed by atoms with Crippen molar-refractivity contribution in [1.29, 1.82) is 0 Å². The highest BCUT2D eigenvalue weighted by Crippen LogP contribution is 2.16. The average Bonchev–Trinajstić information content (AvgIpc) is 2.76. The monoisotopic (exact) mass is 468 g/mol. The molecule has 10 heteroatoms. The third kappa shape index (κ3) is 11.7. The lowest BCUT2D eigenvalue weighted by atomic mass is 10.1. The Morgan fingerprint density at radius 3 is 2.21 bits per heavy atom. The Morgan fingerprint density at radius 1 is 1.03 bits per heavy atom. The molecule has 0 bridgehead atoms. The van der Waals surface area contributed by atoms with Gasteiger partial charge in [0.05, 0.1) is 19.3 Å². The summed E-state index contributed by atoms with van der Waals surface area (Å²) in [5, 5.41) is 5.04. The maximum atomic E-state index is 13.0. The van der Waals surface area contributed by atoms with Crippen molar-refractivity contribution in [2.45, 2.75) is 64.8 Å². The van der Waals surface area contributed by atoms with Crippen molar-refractivity contribution >= 4 is 18.0 Å². The summed E-state index contributed by atoms with van der Waals surface area (Å²) in [6, 6.07) is 8.15. The summed E-state index contributed by atoms with van der Waals surface area (Å²) in [4.78, 5) is 37.2. The Morgan fingerprint density at radius 2 is 1.67 bits per heavy atom. The van der Waals surface area contributed by atoms with Gasteiger partial charge in [0.2, 0.25) is 5.91 Å². The minimum Gasteiger partial charge on any atom is -0.465 e. The van der Waals surface area contributed by atoms with Crippen LogP contribution < -0.4 is 10.6 Å². The van der Waals surface area contributed by atoms with Crippen molar-refractivity contribution in [1.82, 2.24) is 10.6 Å². The zero-order valence-corrected chi connectivity index (χ0v) is 20.2. The summed E-state index contributed by atoms with van der Waals surface area (Å²) in [5.41, 5.74) is 0.0923. The Kier molecular flexibility index (Phi) is 12.4. The van der Waals surface area contributed by atoms with Crippen molar-refractivity contribution in [2.24, 2.45) is 0 Å². The number of carbonyl (C=O) groups excluding carboxylic acids is 3. The van der Waals surface area contributed by atoms with Crippen molar-refractivity contribution in [3.8, 4) is 0 Å². The van der Waals surface area contributed by atoms with Gasteiger partial charge in [-0.2, -0.15) is 0 Å². The first-order valence-corrected chi connectivity index (χ1v) is 10.7. The maximum Gasteiger partial charge on any atom is 0.408 e. The topological polar surface area (TPSA) is 121 Å². The van der Waals surface area contributed by atoms with E-state index in [-0.39, 0.29) is 26.2 Å². The van der Waals surface area contributed by atoms with Gasteiger partial charge in [0.15, 0.2) is 6.29 Å². The summed E-state index contributed by atoms with van der Waals surface area (Å²) < 4.78 is 26.7. The zero-order valence-electron chi connectivity index (χ0n) is 20.2. The van der Waals surface area contributed by atoms with Gasteiger partial charge in [0.25, 0.3) is 0 Å². The average molecular weight is 469 g/mol.